The molecule has 3 heteroatoms. The van der Waals surface area contributed by atoms with Gasteiger partial charge in [0.05, 0.1) is 0 Å². The summed E-state index contributed by atoms with van der Waals surface area (Å²) in [5, 5.41) is 8.88. The molecule has 72 valence electrons. The fourth-order valence-corrected chi connectivity index (χ4v) is 2.12. The van der Waals surface area contributed by atoms with Crippen molar-refractivity contribution in [3.63, 3.8) is 0 Å². The number of nitriles is 1. The van der Waals surface area contributed by atoms with E-state index in [-0.39, 0.29) is 11.5 Å². The van der Waals surface area contributed by atoms with Crippen LogP contribution in [0.25, 0.3) is 0 Å². The molecule has 0 radical (unpaired) electrons. The van der Waals surface area contributed by atoms with Crippen LogP contribution < -0.4 is 0 Å². The summed E-state index contributed by atoms with van der Waals surface area (Å²) in [7, 11) is -1.84. The summed E-state index contributed by atoms with van der Waals surface area (Å²) >= 11 is 0. The van der Waals surface area contributed by atoms with Crippen molar-refractivity contribution in [2.24, 2.45) is 5.41 Å². The van der Waals surface area contributed by atoms with Crippen molar-refractivity contribution in [1.29, 1.82) is 5.26 Å². The summed E-state index contributed by atoms with van der Waals surface area (Å²) in [6.07, 6.45) is -0.262. The van der Waals surface area contributed by atoms with Crippen LogP contribution in [-0.2, 0) is 4.43 Å². The molecular formula is C9H20NOSi-. The summed E-state index contributed by atoms with van der Waals surface area (Å²) in [5.74, 6) is 0. The van der Waals surface area contributed by atoms with Gasteiger partial charge in [-0.1, -0.05) is 0 Å². The van der Waals surface area contributed by atoms with E-state index in [1.54, 1.807) is 0 Å². The Hall–Kier alpha value is -0.333. The molecule has 0 aromatic heterocycles. The number of rotatable bonds is 2. The van der Waals surface area contributed by atoms with E-state index in [4.69, 9.17) is 9.69 Å². The van der Waals surface area contributed by atoms with Crippen LogP contribution in [-0.4, -0.2) is 14.4 Å². The molecule has 0 saturated carbocycles. The van der Waals surface area contributed by atoms with Crippen molar-refractivity contribution in [3.8, 4) is 6.07 Å². The Labute approximate surface area is 76.7 Å². The van der Waals surface area contributed by atoms with Gasteiger partial charge in [-0.25, -0.2) is 0 Å². The van der Waals surface area contributed by atoms with Crippen LogP contribution in [0.5, 0.6) is 0 Å². The minimum absolute atomic E-state index is 0.0674. The van der Waals surface area contributed by atoms with Gasteiger partial charge in [0.2, 0.25) is 0 Å². The first-order chi connectivity index (χ1) is 5.17. The third-order valence-electron chi connectivity index (χ3n) is 1.45. The Kier molecular flexibility index (Phi) is 3.49. The van der Waals surface area contributed by atoms with Gasteiger partial charge in [0.25, 0.3) is 0 Å². The summed E-state index contributed by atoms with van der Waals surface area (Å²) in [5.41, 5.74) is -0.0674. The molecule has 0 heterocycles. The third kappa shape index (κ3) is 4.53. The molecule has 0 aliphatic carbocycles. The predicted molar refractivity (Wildman–Crippen MR) is 54.7 cm³/mol. The monoisotopic (exact) mass is 186 g/mol. The summed E-state index contributed by atoms with van der Waals surface area (Å²) in [4.78, 5) is 0. The average Bonchev–Trinajstić information content (AvgIpc) is 1.78. The number of hydrogen-bond donors (Lipinski definition) is 0. The molecule has 0 fully saturated rings. The van der Waals surface area contributed by atoms with Gasteiger partial charge in [0, 0.05) is 0 Å². The van der Waals surface area contributed by atoms with Crippen LogP contribution in [0, 0.1) is 16.7 Å². The van der Waals surface area contributed by atoms with Crippen LogP contribution in [0.4, 0.5) is 0 Å². The van der Waals surface area contributed by atoms with Crippen LogP contribution in [0.1, 0.15) is 20.8 Å². The van der Waals surface area contributed by atoms with Crippen molar-refractivity contribution in [1.82, 2.24) is 0 Å². The molecule has 12 heavy (non-hydrogen) atoms. The number of hydrogen-bond acceptors (Lipinski definition) is 2. The van der Waals surface area contributed by atoms with Crippen molar-refractivity contribution < 1.29 is 4.43 Å². The molecule has 0 aromatic rings. The van der Waals surface area contributed by atoms with Gasteiger partial charge >= 0.3 is 76.0 Å². The molecule has 1 atom stereocenters. The summed E-state index contributed by atoms with van der Waals surface area (Å²) in [6.45, 7) is 12.5. The Morgan fingerprint density at radius 2 is 1.67 bits per heavy atom. The maximum absolute atomic E-state index is 8.88. The Bertz CT molecular complexity index is 182. The first-order valence-electron chi connectivity index (χ1n) is 4.50. The SMILES string of the molecule is CC(C)(C)C(C#N)O[SiH-](C)(C)C. The minimum atomic E-state index is -1.84. The molecule has 0 bridgehead atoms. The zero-order valence-electron chi connectivity index (χ0n) is 9.01. The van der Waals surface area contributed by atoms with Crippen LogP contribution in [0.2, 0.25) is 19.6 Å². The second-order valence-electron chi connectivity index (χ2n) is 5.45. The van der Waals surface area contributed by atoms with E-state index in [0.29, 0.717) is 0 Å². The Balaban J connectivity index is 4.33. The molecular weight excluding hydrogens is 166 g/mol. The fourth-order valence-electron chi connectivity index (χ4n) is 0.836. The van der Waals surface area contributed by atoms with E-state index < -0.39 is 8.32 Å². The molecule has 0 N–H and O–H groups in total. The topological polar surface area (TPSA) is 33.0 Å². The summed E-state index contributed by atoms with van der Waals surface area (Å²) < 4.78 is 5.76. The molecule has 0 spiro atoms. The van der Waals surface area contributed by atoms with E-state index in [1.807, 2.05) is 20.8 Å². The Morgan fingerprint density at radius 3 is 1.75 bits per heavy atom. The second-order valence-corrected chi connectivity index (χ2v) is 10.6. The van der Waals surface area contributed by atoms with Crippen LogP contribution >= 0.6 is 0 Å². The van der Waals surface area contributed by atoms with Crippen molar-refractivity contribution in [3.05, 3.63) is 0 Å². The van der Waals surface area contributed by atoms with Crippen molar-refractivity contribution >= 4 is 8.32 Å². The van der Waals surface area contributed by atoms with Gasteiger partial charge in [-0.15, -0.1) is 0 Å². The zero-order chi connectivity index (χ0) is 9.99. The quantitative estimate of drug-likeness (QED) is 0.621. The average molecular weight is 186 g/mol. The fraction of sp³-hybridized carbons (Fsp3) is 0.889. The molecule has 0 amide bonds. The zero-order valence-corrected chi connectivity index (χ0v) is 10.2. The van der Waals surface area contributed by atoms with Gasteiger partial charge in [-0.2, -0.15) is 0 Å². The van der Waals surface area contributed by atoms with E-state index in [2.05, 4.69) is 25.7 Å². The third-order valence-corrected chi connectivity index (χ3v) is 2.54. The van der Waals surface area contributed by atoms with Crippen LogP contribution in [0.3, 0.4) is 0 Å². The molecule has 1 unspecified atom stereocenters. The van der Waals surface area contributed by atoms with Gasteiger partial charge in [0.1, 0.15) is 0 Å². The maximum atomic E-state index is 8.88. The van der Waals surface area contributed by atoms with E-state index >= 15 is 0 Å². The Morgan fingerprint density at radius 1 is 1.25 bits per heavy atom. The first-order valence-corrected chi connectivity index (χ1v) is 8.44. The number of nitrogens with zero attached hydrogens (tertiary/aromatic N) is 1. The first kappa shape index (κ1) is 11.7. The van der Waals surface area contributed by atoms with Crippen molar-refractivity contribution in [2.75, 3.05) is 0 Å². The van der Waals surface area contributed by atoms with Crippen LogP contribution in [0.15, 0.2) is 0 Å². The van der Waals surface area contributed by atoms with Crippen molar-refractivity contribution in [2.45, 2.75) is 46.5 Å². The van der Waals surface area contributed by atoms with E-state index in [0.717, 1.165) is 0 Å². The molecule has 0 saturated heterocycles. The van der Waals surface area contributed by atoms with E-state index in [9.17, 15) is 0 Å². The second kappa shape index (κ2) is 3.59. The van der Waals surface area contributed by atoms with Gasteiger partial charge in [-0.3, -0.25) is 0 Å². The molecule has 0 aromatic carbocycles. The summed E-state index contributed by atoms with van der Waals surface area (Å²) in [6, 6.07) is 2.22. The van der Waals surface area contributed by atoms with Gasteiger partial charge in [-0.05, 0) is 0 Å². The van der Waals surface area contributed by atoms with E-state index in [1.165, 1.54) is 0 Å². The molecule has 0 rings (SSSR count). The van der Waals surface area contributed by atoms with Gasteiger partial charge < -0.3 is 0 Å². The molecule has 0 aliphatic heterocycles. The standard InChI is InChI=1S/C9H20NOSi/c1-9(2,3)8(7-10)11-12(4,5)6/h8,12H,1-6H3/q-1. The molecule has 2 nitrogen and oxygen atoms in total. The molecule has 0 aliphatic rings. The van der Waals surface area contributed by atoms with Gasteiger partial charge in [0.15, 0.2) is 0 Å². The predicted octanol–water partition coefficient (Wildman–Crippen LogP) is 2.51. The normalized spacial score (nSPS) is 16.8.